The van der Waals surface area contributed by atoms with Crippen molar-refractivity contribution in [3.8, 4) is 5.69 Å². The van der Waals surface area contributed by atoms with Gasteiger partial charge in [-0.05, 0) is 42.8 Å². The smallest absolute Gasteiger partial charge is 0.302 e. The Morgan fingerprint density at radius 1 is 1.30 bits per heavy atom. The van der Waals surface area contributed by atoms with Crippen LogP contribution >= 0.6 is 11.6 Å². The summed E-state index contributed by atoms with van der Waals surface area (Å²) < 4.78 is 16.4. The van der Waals surface area contributed by atoms with Gasteiger partial charge in [-0.25, -0.2) is 9.37 Å². The molecule has 0 saturated carbocycles. The molecule has 0 saturated heterocycles. The molecule has 3 rings (SSSR count). The molecule has 0 aliphatic heterocycles. The second-order valence-electron chi connectivity index (χ2n) is 4.20. The van der Waals surface area contributed by atoms with Crippen molar-refractivity contribution in [2.45, 2.75) is 13.5 Å². The first-order chi connectivity index (χ1) is 9.61. The zero-order chi connectivity index (χ0) is 14.3. The lowest BCUT2D eigenvalue weighted by Gasteiger charge is -2.12. The number of halogens is 2. The van der Waals surface area contributed by atoms with Gasteiger partial charge in [0, 0.05) is 6.54 Å². The summed E-state index contributed by atoms with van der Waals surface area (Å²) in [6.07, 6.45) is 1.56. The fourth-order valence-electron chi connectivity index (χ4n) is 2.09. The molecule has 0 aliphatic rings. The van der Waals surface area contributed by atoms with Crippen molar-refractivity contribution in [1.82, 2.24) is 19.1 Å². The normalized spacial score (nSPS) is 11.2. The van der Waals surface area contributed by atoms with Gasteiger partial charge in [0.25, 0.3) is 0 Å². The molecule has 0 unspecified atom stereocenters. The standard InChI is InChI=1S/C13H10ClFN4O/c1-2-18-7-16-10-11(20)17-13(14)19(12(10)18)9-5-3-8(15)4-6-9/h3-7H,2H2,1H3. The summed E-state index contributed by atoms with van der Waals surface area (Å²) in [5.74, 6) is -0.348. The number of imidazole rings is 1. The van der Waals surface area contributed by atoms with Gasteiger partial charge in [0.05, 0.1) is 12.0 Å². The van der Waals surface area contributed by atoms with E-state index >= 15 is 0 Å². The van der Waals surface area contributed by atoms with E-state index in [-0.39, 0.29) is 16.6 Å². The van der Waals surface area contributed by atoms with Crippen molar-refractivity contribution in [2.75, 3.05) is 0 Å². The molecular weight excluding hydrogens is 283 g/mol. The maximum Gasteiger partial charge on any atom is 0.302 e. The largest absolute Gasteiger partial charge is 0.316 e. The average molecular weight is 293 g/mol. The van der Waals surface area contributed by atoms with Crippen molar-refractivity contribution in [1.29, 1.82) is 0 Å². The molecule has 0 atom stereocenters. The van der Waals surface area contributed by atoms with Gasteiger partial charge >= 0.3 is 5.56 Å². The molecular formula is C13H10ClFN4O. The van der Waals surface area contributed by atoms with Crippen LogP contribution in [0.4, 0.5) is 4.39 Å². The van der Waals surface area contributed by atoms with Crippen LogP contribution in [0.1, 0.15) is 6.92 Å². The first-order valence-corrected chi connectivity index (χ1v) is 6.39. The number of hydrogen-bond acceptors (Lipinski definition) is 3. The third-order valence-corrected chi connectivity index (χ3v) is 3.28. The SMILES string of the molecule is CCn1cnc2c(=O)nc(Cl)n(-c3ccc(F)cc3)c21. The molecule has 5 nitrogen and oxygen atoms in total. The Morgan fingerprint density at radius 2 is 2.00 bits per heavy atom. The second kappa shape index (κ2) is 4.72. The maximum atomic E-state index is 13.0. The summed E-state index contributed by atoms with van der Waals surface area (Å²) >= 11 is 6.09. The molecule has 20 heavy (non-hydrogen) atoms. The first-order valence-electron chi connectivity index (χ1n) is 6.01. The van der Waals surface area contributed by atoms with Gasteiger partial charge in [0.2, 0.25) is 5.28 Å². The predicted octanol–water partition coefficient (Wildman–Crippen LogP) is 2.39. The van der Waals surface area contributed by atoms with Crippen molar-refractivity contribution >= 4 is 22.8 Å². The van der Waals surface area contributed by atoms with Gasteiger partial charge in [-0.2, -0.15) is 4.98 Å². The summed E-state index contributed by atoms with van der Waals surface area (Å²) in [6.45, 7) is 2.55. The van der Waals surface area contributed by atoms with E-state index in [1.165, 1.54) is 12.1 Å². The number of benzene rings is 1. The molecule has 1 aromatic carbocycles. The Kier molecular flexibility index (Phi) is 3.02. The molecule has 0 N–H and O–H groups in total. The predicted molar refractivity (Wildman–Crippen MR) is 73.8 cm³/mol. The van der Waals surface area contributed by atoms with E-state index in [0.29, 0.717) is 17.9 Å². The van der Waals surface area contributed by atoms with E-state index in [0.717, 1.165) is 0 Å². The Bertz CT molecular complexity index is 838. The van der Waals surface area contributed by atoms with Crippen LogP contribution in [0.3, 0.4) is 0 Å². The third-order valence-electron chi connectivity index (χ3n) is 3.03. The van der Waals surface area contributed by atoms with Crippen molar-refractivity contribution in [3.63, 3.8) is 0 Å². The number of fused-ring (bicyclic) bond motifs is 1. The van der Waals surface area contributed by atoms with E-state index in [4.69, 9.17) is 11.6 Å². The molecule has 2 heterocycles. The van der Waals surface area contributed by atoms with Crippen LogP contribution in [-0.4, -0.2) is 19.1 Å². The Balaban J connectivity index is 2.42. The molecule has 0 radical (unpaired) electrons. The molecule has 0 spiro atoms. The highest BCUT2D eigenvalue weighted by Crippen LogP contribution is 2.20. The Morgan fingerprint density at radius 3 is 2.65 bits per heavy atom. The van der Waals surface area contributed by atoms with Gasteiger partial charge in [0.15, 0.2) is 11.2 Å². The number of rotatable bonds is 2. The highest BCUT2D eigenvalue weighted by Gasteiger charge is 2.15. The van der Waals surface area contributed by atoms with Crippen LogP contribution < -0.4 is 5.56 Å². The lowest BCUT2D eigenvalue weighted by molar-refractivity contribution is 0.627. The van der Waals surface area contributed by atoms with Crippen LogP contribution in [0.25, 0.3) is 16.9 Å². The minimum atomic E-state index is -0.476. The van der Waals surface area contributed by atoms with E-state index in [1.54, 1.807) is 27.6 Å². The molecule has 0 amide bonds. The van der Waals surface area contributed by atoms with Crippen LogP contribution in [-0.2, 0) is 6.54 Å². The van der Waals surface area contributed by atoms with E-state index in [1.807, 2.05) is 6.92 Å². The summed E-state index contributed by atoms with van der Waals surface area (Å²) in [5.41, 5.74) is 0.921. The van der Waals surface area contributed by atoms with E-state index in [9.17, 15) is 9.18 Å². The van der Waals surface area contributed by atoms with E-state index < -0.39 is 5.56 Å². The molecule has 2 aromatic heterocycles. The third kappa shape index (κ3) is 1.89. The summed E-state index contributed by atoms with van der Waals surface area (Å²) in [7, 11) is 0. The monoisotopic (exact) mass is 292 g/mol. The van der Waals surface area contributed by atoms with Crippen molar-refractivity contribution in [3.05, 3.63) is 52.0 Å². The van der Waals surface area contributed by atoms with Crippen LogP contribution in [0.2, 0.25) is 5.28 Å². The lowest BCUT2D eigenvalue weighted by Crippen LogP contribution is -2.15. The molecule has 3 aromatic rings. The Hall–Kier alpha value is -2.21. The zero-order valence-corrected chi connectivity index (χ0v) is 11.3. The minimum absolute atomic E-state index is 0.0179. The van der Waals surface area contributed by atoms with E-state index in [2.05, 4.69) is 9.97 Å². The van der Waals surface area contributed by atoms with Crippen LogP contribution in [0.15, 0.2) is 35.4 Å². The van der Waals surface area contributed by atoms with Gasteiger partial charge < -0.3 is 4.57 Å². The number of aromatic nitrogens is 4. The molecule has 0 aliphatic carbocycles. The summed E-state index contributed by atoms with van der Waals surface area (Å²) in [6, 6.07) is 5.78. The topological polar surface area (TPSA) is 52.7 Å². The van der Waals surface area contributed by atoms with Crippen molar-refractivity contribution in [2.24, 2.45) is 0 Å². The number of aryl methyl sites for hydroxylation is 1. The quantitative estimate of drug-likeness (QED) is 0.682. The molecule has 0 fully saturated rings. The maximum absolute atomic E-state index is 13.0. The minimum Gasteiger partial charge on any atom is -0.316 e. The average Bonchev–Trinajstić information content (AvgIpc) is 2.85. The number of nitrogens with zero attached hydrogens (tertiary/aromatic N) is 4. The first kappa shape index (κ1) is 12.8. The number of hydrogen-bond donors (Lipinski definition) is 0. The van der Waals surface area contributed by atoms with Gasteiger partial charge in [0.1, 0.15) is 5.82 Å². The highest BCUT2D eigenvalue weighted by atomic mass is 35.5. The van der Waals surface area contributed by atoms with Crippen molar-refractivity contribution < 1.29 is 4.39 Å². The molecule has 7 heteroatoms. The molecule has 102 valence electrons. The fraction of sp³-hybridized carbons (Fsp3) is 0.154. The highest BCUT2D eigenvalue weighted by molar-refractivity contribution is 6.29. The van der Waals surface area contributed by atoms with Gasteiger partial charge in [-0.3, -0.25) is 9.36 Å². The summed E-state index contributed by atoms with van der Waals surface area (Å²) in [4.78, 5) is 19.6. The van der Waals surface area contributed by atoms with Gasteiger partial charge in [-0.1, -0.05) is 0 Å². The second-order valence-corrected chi connectivity index (χ2v) is 4.54. The zero-order valence-electron chi connectivity index (χ0n) is 10.5. The lowest BCUT2D eigenvalue weighted by atomic mass is 10.3. The fourth-order valence-corrected chi connectivity index (χ4v) is 2.34. The van der Waals surface area contributed by atoms with Gasteiger partial charge in [-0.15, -0.1) is 0 Å². The molecule has 0 bridgehead atoms. The summed E-state index contributed by atoms with van der Waals surface area (Å²) in [5, 5.41) is 0.0179. The Labute approximate surface area is 118 Å². The van der Waals surface area contributed by atoms with Crippen LogP contribution in [0.5, 0.6) is 0 Å². The van der Waals surface area contributed by atoms with Crippen LogP contribution in [0, 0.1) is 5.82 Å².